The van der Waals surface area contributed by atoms with Crippen LogP contribution in [0.15, 0.2) is 58.4 Å². The smallest absolute Gasteiger partial charge is 0.177 e. The lowest BCUT2D eigenvalue weighted by atomic mass is 10.1. The molecule has 0 bridgehead atoms. The number of morpholine rings is 1. The van der Waals surface area contributed by atoms with Crippen LogP contribution in [0.3, 0.4) is 0 Å². The van der Waals surface area contributed by atoms with E-state index in [-0.39, 0.29) is 12.2 Å². The van der Waals surface area contributed by atoms with Gasteiger partial charge in [-0.05, 0) is 23.9 Å². The predicted octanol–water partition coefficient (Wildman–Crippen LogP) is 4.37. The van der Waals surface area contributed by atoms with E-state index in [0.717, 1.165) is 36.0 Å². The van der Waals surface area contributed by atoms with Crippen molar-refractivity contribution in [2.24, 2.45) is 0 Å². The van der Waals surface area contributed by atoms with E-state index in [1.54, 1.807) is 11.3 Å². The van der Waals surface area contributed by atoms with E-state index in [2.05, 4.69) is 47.3 Å². The fraction of sp³-hybridized carbons (Fsp3) is 0.316. The molecule has 124 valence electrons. The zero-order valence-electron chi connectivity index (χ0n) is 13.6. The Morgan fingerprint density at radius 3 is 2.83 bits per heavy atom. The van der Waals surface area contributed by atoms with Gasteiger partial charge in [0.1, 0.15) is 0 Å². The topological polar surface area (TPSA) is 38.5 Å². The summed E-state index contributed by atoms with van der Waals surface area (Å²) in [6.45, 7) is 4.69. The van der Waals surface area contributed by atoms with Gasteiger partial charge in [-0.25, -0.2) is 0 Å². The van der Waals surface area contributed by atoms with Crippen LogP contribution in [0.4, 0.5) is 0 Å². The number of thiophene rings is 1. The summed E-state index contributed by atoms with van der Waals surface area (Å²) in [5, 5.41) is 6.29. The van der Waals surface area contributed by atoms with Crippen LogP contribution in [0.5, 0.6) is 0 Å². The van der Waals surface area contributed by atoms with Gasteiger partial charge in [-0.1, -0.05) is 41.6 Å². The molecule has 1 aliphatic rings. The number of rotatable bonds is 4. The highest BCUT2D eigenvalue weighted by atomic mass is 32.1. The standard InChI is InChI=1S/C19H20N2O2S/c1-14-11-21(13-18(22-14)15-6-3-2-4-7-15)12-16-10-17(23-20-16)19-8-5-9-24-19/h2-10,14,18H,11-13H2,1H3. The van der Waals surface area contributed by atoms with Crippen molar-refractivity contribution in [3.63, 3.8) is 0 Å². The van der Waals surface area contributed by atoms with Crippen molar-refractivity contribution in [2.75, 3.05) is 13.1 Å². The first-order valence-corrected chi connectivity index (χ1v) is 9.08. The third-order valence-corrected chi connectivity index (χ3v) is 5.10. The van der Waals surface area contributed by atoms with Crippen molar-refractivity contribution < 1.29 is 9.26 Å². The quantitative estimate of drug-likeness (QED) is 0.707. The summed E-state index contributed by atoms with van der Waals surface area (Å²) in [4.78, 5) is 3.51. The molecule has 1 aliphatic heterocycles. The average Bonchev–Trinajstić information content (AvgIpc) is 3.26. The van der Waals surface area contributed by atoms with Crippen molar-refractivity contribution in [3.05, 3.63) is 65.2 Å². The highest BCUT2D eigenvalue weighted by Gasteiger charge is 2.27. The van der Waals surface area contributed by atoms with Crippen molar-refractivity contribution in [1.29, 1.82) is 0 Å². The molecule has 3 aromatic rings. The second kappa shape index (κ2) is 6.89. The van der Waals surface area contributed by atoms with E-state index in [0.29, 0.717) is 0 Å². The van der Waals surface area contributed by atoms with E-state index < -0.39 is 0 Å². The molecule has 1 saturated heterocycles. The predicted molar refractivity (Wildman–Crippen MR) is 94.8 cm³/mol. The van der Waals surface area contributed by atoms with Crippen LogP contribution in [0.25, 0.3) is 10.6 Å². The Kier molecular flexibility index (Phi) is 4.47. The molecular weight excluding hydrogens is 320 g/mol. The minimum absolute atomic E-state index is 0.110. The molecule has 2 atom stereocenters. The molecular formula is C19H20N2O2S. The van der Waals surface area contributed by atoms with Gasteiger partial charge in [0.25, 0.3) is 0 Å². The molecule has 0 N–H and O–H groups in total. The minimum Gasteiger partial charge on any atom is -0.368 e. The van der Waals surface area contributed by atoms with Gasteiger partial charge in [0.15, 0.2) is 5.76 Å². The highest BCUT2D eigenvalue weighted by Crippen LogP contribution is 2.28. The molecule has 0 radical (unpaired) electrons. The van der Waals surface area contributed by atoms with E-state index in [1.165, 1.54) is 5.56 Å². The maximum Gasteiger partial charge on any atom is 0.177 e. The molecule has 2 aromatic heterocycles. The molecule has 2 unspecified atom stereocenters. The van der Waals surface area contributed by atoms with Crippen molar-refractivity contribution >= 4 is 11.3 Å². The Balaban J connectivity index is 1.46. The second-order valence-electron chi connectivity index (χ2n) is 6.20. The normalized spacial score (nSPS) is 21.9. The van der Waals surface area contributed by atoms with Gasteiger partial charge in [0.2, 0.25) is 0 Å². The second-order valence-corrected chi connectivity index (χ2v) is 7.15. The lowest BCUT2D eigenvalue weighted by Crippen LogP contribution is -2.42. The molecule has 4 nitrogen and oxygen atoms in total. The molecule has 4 rings (SSSR count). The van der Waals surface area contributed by atoms with Crippen molar-refractivity contribution in [2.45, 2.75) is 25.7 Å². The van der Waals surface area contributed by atoms with Crippen LogP contribution in [-0.2, 0) is 11.3 Å². The third-order valence-electron chi connectivity index (χ3n) is 4.22. The van der Waals surface area contributed by atoms with Crippen molar-refractivity contribution in [1.82, 2.24) is 10.1 Å². The highest BCUT2D eigenvalue weighted by molar-refractivity contribution is 7.13. The summed E-state index contributed by atoms with van der Waals surface area (Å²) in [6.07, 6.45) is 0.311. The average molecular weight is 340 g/mol. The first-order chi connectivity index (χ1) is 11.8. The Morgan fingerprint density at radius 2 is 2.04 bits per heavy atom. The minimum atomic E-state index is 0.110. The van der Waals surface area contributed by atoms with E-state index in [9.17, 15) is 0 Å². The fourth-order valence-electron chi connectivity index (χ4n) is 3.17. The van der Waals surface area contributed by atoms with Gasteiger partial charge in [0, 0.05) is 25.7 Å². The van der Waals surface area contributed by atoms with Crippen LogP contribution >= 0.6 is 11.3 Å². The lowest BCUT2D eigenvalue weighted by molar-refractivity contribution is -0.0818. The van der Waals surface area contributed by atoms with Crippen LogP contribution < -0.4 is 0 Å². The Bertz CT molecular complexity index is 770. The maximum atomic E-state index is 6.12. The number of hydrogen-bond acceptors (Lipinski definition) is 5. The molecule has 5 heteroatoms. The summed E-state index contributed by atoms with van der Waals surface area (Å²) < 4.78 is 11.6. The van der Waals surface area contributed by atoms with Crippen LogP contribution in [0.1, 0.15) is 24.3 Å². The van der Waals surface area contributed by atoms with E-state index >= 15 is 0 Å². The molecule has 0 saturated carbocycles. The lowest BCUT2D eigenvalue weighted by Gasteiger charge is -2.36. The summed E-state index contributed by atoms with van der Waals surface area (Å²) in [5.41, 5.74) is 2.20. The first kappa shape index (κ1) is 15.6. The molecule has 1 fully saturated rings. The van der Waals surface area contributed by atoms with Crippen molar-refractivity contribution in [3.8, 4) is 10.6 Å². The van der Waals surface area contributed by atoms with Crippen LogP contribution in [0, 0.1) is 0 Å². The third kappa shape index (κ3) is 3.43. The zero-order valence-corrected chi connectivity index (χ0v) is 14.4. The first-order valence-electron chi connectivity index (χ1n) is 8.20. The fourth-order valence-corrected chi connectivity index (χ4v) is 3.84. The Hall–Kier alpha value is -1.95. The SMILES string of the molecule is CC1CN(Cc2cc(-c3cccs3)on2)CC(c2ccccc2)O1. The van der Waals surface area contributed by atoms with Gasteiger partial charge in [-0.3, -0.25) is 4.90 Å². The summed E-state index contributed by atoms with van der Waals surface area (Å²) >= 11 is 1.67. The number of benzene rings is 1. The molecule has 3 heterocycles. The molecule has 0 aliphatic carbocycles. The van der Waals surface area contributed by atoms with Gasteiger partial charge in [-0.2, -0.15) is 0 Å². The number of hydrogen-bond donors (Lipinski definition) is 0. The molecule has 0 spiro atoms. The Labute approximate surface area is 145 Å². The maximum absolute atomic E-state index is 6.12. The summed E-state index contributed by atoms with van der Waals surface area (Å²) in [5.74, 6) is 0.848. The monoisotopic (exact) mass is 340 g/mol. The van der Waals surface area contributed by atoms with Gasteiger partial charge >= 0.3 is 0 Å². The zero-order chi connectivity index (χ0) is 16.4. The number of nitrogens with zero attached hydrogens (tertiary/aromatic N) is 2. The van der Waals surface area contributed by atoms with E-state index in [1.807, 2.05) is 23.6 Å². The van der Waals surface area contributed by atoms with Gasteiger partial charge in [0.05, 0.1) is 22.8 Å². The van der Waals surface area contributed by atoms with Crippen LogP contribution in [-0.4, -0.2) is 29.3 Å². The Morgan fingerprint density at radius 1 is 1.17 bits per heavy atom. The summed E-state index contributed by atoms with van der Waals surface area (Å²) in [6, 6.07) is 16.5. The van der Waals surface area contributed by atoms with Gasteiger partial charge < -0.3 is 9.26 Å². The van der Waals surface area contributed by atoms with Crippen LogP contribution in [0.2, 0.25) is 0 Å². The molecule has 1 aromatic carbocycles. The van der Waals surface area contributed by atoms with E-state index in [4.69, 9.17) is 9.26 Å². The van der Waals surface area contributed by atoms with Gasteiger partial charge in [-0.15, -0.1) is 11.3 Å². The largest absolute Gasteiger partial charge is 0.368 e. The summed E-state index contributed by atoms with van der Waals surface area (Å²) in [7, 11) is 0. The number of ether oxygens (including phenoxy) is 1. The molecule has 24 heavy (non-hydrogen) atoms. The molecule has 0 amide bonds. The number of aromatic nitrogens is 1.